The van der Waals surface area contributed by atoms with E-state index in [1.54, 1.807) is 0 Å². The van der Waals surface area contributed by atoms with E-state index in [1.807, 2.05) is 0 Å². The first-order valence-electron chi connectivity index (χ1n) is 11.6. The number of hydrazine groups is 1. The van der Waals surface area contributed by atoms with E-state index in [2.05, 4.69) is 21.5 Å². The largest absolute Gasteiger partial charge is 0.353 e. The Morgan fingerprint density at radius 2 is 1.70 bits per heavy atom. The van der Waals surface area contributed by atoms with Crippen LogP contribution >= 0.6 is 11.6 Å². The third kappa shape index (κ3) is 5.62. The minimum Gasteiger partial charge on any atom is -0.353 e. The van der Waals surface area contributed by atoms with Crippen molar-refractivity contribution in [2.24, 2.45) is 16.8 Å². The third-order valence-corrected chi connectivity index (χ3v) is 7.66. The van der Waals surface area contributed by atoms with Crippen molar-refractivity contribution >= 4 is 23.5 Å². The summed E-state index contributed by atoms with van der Waals surface area (Å²) in [6.07, 6.45) is 5.74. The van der Waals surface area contributed by atoms with Crippen molar-refractivity contribution in [2.75, 3.05) is 0 Å². The van der Waals surface area contributed by atoms with Crippen molar-refractivity contribution in [3.05, 3.63) is 0 Å². The van der Waals surface area contributed by atoms with Crippen LogP contribution in [0, 0.1) is 11.8 Å². The number of guanidine groups is 1. The van der Waals surface area contributed by atoms with Gasteiger partial charge in [-0.3, -0.25) is 15.5 Å². The second-order valence-electron chi connectivity index (χ2n) is 9.44. The minimum absolute atomic E-state index is 0.0573. The number of aliphatic imine (C=N–C) groups is 1. The van der Waals surface area contributed by atoms with Crippen LogP contribution in [0.3, 0.4) is 0 Å². The smallest absolute Gasteiger partial charge is 0.229 e. The SMILES string of the molecule is O=C(N/C(=N/C1CC(C2CCC(Cl)CC2)NN1)NC1CCC1)C1CCC(F)C(F)C1. The highest BCUT2D eigenvalue weighted by molar-refractivity contribution is 6.20. The lowest BCUT2D eigenvalue weighted by atomic mass is 9.83. The van der Waals surface area contributed by atoms with Gasteiger partial charge >= 0.3 is 0 Å². The van der Waals surface area contributed by atoms with Crippen molar-refractivity contribution in [1.82, 2.24) is 21.5 Å². The lowest BCUT2D eigenvalue weighted by molar-refractivity contribution is -0.125. The number of alkyl halides is 3. The normalized spacial score (nSPS) is 40.6. The fraction of sp³-hybridized carbons (Fsp3) is 0.905. The van der Waals surface area contributed by atoms with Crippen molar-refractivity contribution in [1.29, 1.82) is 0 Å². The fourth-order valence-electron chi connectivity index (χ4n) is 4.98. The maximum Gasteiger partial charge on any atom is 0.229 e. The molecule has 4 rings (SSSR count). The Labute approximate surface area is 182 Å². The number of carbonyl (C=O) groups is 1. The van der Waals surface area contributed by atoms with Gasteiger partial charge < -0.3 is 5.32 Å². The second-order valence-corrected chi connectivity index (χ2v) is 10.1. The summed E-state index contributed by atoms with van der Waals surface area (Å²) in [5.41, 5.74) is 6.62. The zero-order valence-electron chi connectivity index (χ0n) is 17.4. The Hall–Kier alpha value is -0.990. The summed E-state index contributed by atoms with van der Waals surface area (Å²) in [4.78, 5) is 17.4. The summed E-state index contributed by atoms with van der Waals surface area (Å²) in [6.45, 7) is 0. The third-order valence-electron chi connectivity index (χ3n) is 7.22. The molecule has 5 atom stereocenters. The average Bonchev–Trinajstić information content (AvgIpc) is 3.15. The molecule has 5 unspecified atom stereocenters. The molecule has 4 aliphatic rings. The highest BCUT2D eigenvalue weighted by Crippen LogP contribution is 2.32. The van der Waals surface area contributed by atoms with E-state index in [4.69, 9.17) is 16.6 Å². The van der Waals surface area contributed by atoms with Crippen molar-refractivity contribution in [3.8, 4) is 0 Å². The van der Waals surface area contributed by atoms with Gasteiger partial charge in [0.1, 0.15) is 18.5 Å². The Morgan fingerprint density at radius 1 is 0.933 bits per heavy atom. The van der Waals surface area contributed by atoms with Gasteiger partial charge in [0.2, 0.25) is 5.91 Å². The van der Waals surface area contributed by atoms with Crippen molar-refractivity contribution < 1.29 is 13.6 Å². The minimum atomic E-state index is -1.56. The van der Waals surface area contributed by atoms with Crippen LogP contribution in [0.25, 0.3) is 0 Å². The molecular formula is C21H34ClF2N5O. The van der Waals surface area contributed by atoms with Crippen molar-refractivity contribution in [2.45, 2.75) is 107 Å². The first-order chi connectivity index (χ1) is 14.5. The monoisotopic (exact) mass is 445 g/mol. The molecule has 0 radical (unpaired) electrons. The Morgan fingerprint density at radius 3 is 2.37 bits per heavy atom. The van der Waals surface area contributed by atoms with Crippen LogP contribution < -0.4 is 21.5 Å². The second kappa shape index (κ2) is 10.1. The summed E-state index contributed by atoms with van der Waals surface area (Å²) < 4.78 is 27.2. The number of halogens is 3. The van der Waals surface area contributed by atoms with Gasteiger partial charge in [-0.1, -0.05) is 0 Å². The van der Waals surface area contributed by atoms with E-state index in [-0.39, 0.29) is 24.9 Å². The molecule has 0 aromatic heterocycles. The molecule has 4 N–H and O–H groups in total. The van der Waals surface area contributed by atoms with E-state index in [1.165, 1.54) is 0 Å². The van der Waals surface area contributed by atoms with Gasteiger partial charge in [-0.15, -0.1) is 11.6 Å². The summed E-state index contributed by atoms with van der Waals surface area (Å²) in [7, 11) is 0. The number of nitrogens with one attached hydrogen (secondary N) is 4. The van der Waals surface area contributed by atoms with Gasteiger partial charge in [-0.05, 0) is 70.1 Å². The Kier molecular flexibility index (Phi) is 7.47. The molecule has 1 amide bonds. The number of rotatable bonds is 4. The molecule has 1 saturated heterocycles. The molecular weight excluding hydrogens is 412 g/mol. The zero-order valence-corrected chi connectivity index (χ0v) is 18.1. The first-order valence-corrected chi connectivity index (χ1v) is 12.0. The Balaban J connectivity index is 1.34. The molecule has 1 aliphatic heterocycles. The molecule has 3 aliphatic carbocycles. The van der Waals surface area contributed by atoms with E-state index in [0.29, 0.717) is 35.8 Å². The van der Waals surface area contributed by atoms with Crippen LogP contribution in [0.2, 0.25) is 0 Å². The highest BCUT2D eigenvalue weighted by Gasteiger charge is 2.36. The molecule has 30 heavy (non-hydrogen) atoms. The number of hydrogen-bond donors (Lipinski definition) is 4. The Bertz CT molecular complexity index is 627. The van der Waals surface area contributed by atoms with Gasteiger partial charge in [-0.2, -0.15) is 0 Å². The van der Waals surface area contributed by atoms with Gasteiger partial charge in [0.05, 0.1) is 0 Å². The van der Waals surface area contributed by atoms with Gasteiger partial charge in [0.25, 0.3) is 0 Å². The van der Waals surface area contributed by atoms with Crippen molar-refractivity contribution in [3.63, 3.8) is 0 Å². The maximum absolute atomic E-state index is 13.7. The predicted octanol–water partition coefficient (Wildman–Crippen LogP) is 3.07. The molecule has 0 spiro atoms. The lowest BCUT2D eigenvalue weighted by Crippen LogP contribution is -2.51. The summed E-state index contributed by atoms with van der Waals surface area (Å²) >= 11 is 6.23. The molecule has 170 valence electrons. The van der Waals surface area contributed by atoms with E-state index >= 15 is 0 Å². The number of carbonyl (C=O) groups excluding carboxylic acids is 1. The summed E-state index contributed by atoms with van der Waals surface area (Å²) in [6, 6.07) is 0.652. The summed E-state index contributed by atoms with van der Waals surface area (Å²) in [5.74, 6) is 0.265. The number of nitrogens with zero attached hydrogens (tertiary/aromatic N) is 1. The molecule has 9 heteroatoms. The molecule has 4 fully saturated rings. The summed E-state index contributed by atoms with van der Waals surface area (Å²) in [5, 5.41) is 6.51. The van der Waals surface area contributed by atoms with Gasteiger partial charge in [0.15, 0.2) is 5.96 Å². The molecule has 0 aromatic carbocycles. The zero-order chi connectivity index (χ0) is 21.1. The molecule has 0 aromatic rings. The quantitative estimate of drug-likeness (QED) is 0.305. The first kappa shape index (κ1) is 22.2. The topological polar surface area (TPSA) is 77.5 Å². The van der Waals surface area contributed by atoms with Crippen LogP contribution in [-0.2, 0) is 4.79 Å². The van der Waals surface area contributed by atoms with E-state index in [9.17, 15) is 13.6 Å². The standard InChI is InChI=1S/C21H34ClF2N5O/c22-14-7-4-12(5-8-14)18-11-19(29-28-18)26-21(25-15-2-1-3-15)27-20(30)13-6-9-16(23)17(24)10-13/h12-19,28-29H,1-11H2,(H2,25,26,27,30). The number of hydrogen-bond acceptors (Lipinski definition) is 4. The molecule has 6 nitrogen and oxygen atoms in total. The van der Waals surface area contributed by atoms with Gasteiger partial charge in [0, 0.05) is 29.8 Å². The number of amides is 1. The van der Waals surface area contributed by atoms with E-state index < -0.39 is 18.3 Å². The van der Waals surface area contributed by atoms with Gasteiger partial charge in [-0.25, -0.2) is 19.2 Å². The van der Waals surface area contributed by atoms with Crippen LogP contribution in [0.5, 0.6) is 0 Å². The van der Waals surface area contributed by atoms with Crippen LogP contribution in [0.4, 0.5) is 8.78 Å². The maximum atomic E-state index is 13.7. The van der Waals surface area contributed by atoms with Crippen LogP contribution in [0.1, 0.15) is 70.6 Å². The fourth-order valence-corrected chi connectivity index (χ4v) is 5.23. The van der Waals surface area contributed by atoms with E-state index in [0.717, 1.165) is 51.4 Å². The average molecular weight is 446 g/mol. The molecule has 1 heterocycles. The lowest BCUT2D eigenvalue weighted by Gasteiger charge is -2.30. The molecule has 3 saturated carbocycles. The predicted molar refractivity (Wildman–Crippen MR) is 114 cm³/mol. The van der Waals surface area contributed by atoms with Crippen LogP contribution in [-0.4, -0.2) is 47.8 Å². The molecule has 0 bridgehead atoms. The highest BCUT2D eigenvalue weighted by atomic mass is 35.5. The van der Waals surface area contributed by atoms with Crippen LogP contribution in [0.15, 0.2) is 4.99 Å².